The Kier molecular flexibility index (Phi) is 5.63. The van der Waals surface area contributed by atoms with Gasteiger partial charge in [0.05, 0.1) is 12.5 Å². The molecule has 0 radical (unpaired) electrons. The molecule has 4 nitrogen and oxygen atoms in total. The molecule has 1 N–H and O–H groups in total. The lowest BCUT2D eigenvalue weighted by Crippen LogP contribution is -2.29. The fourth-order valence-corrected chi connectivity index (χ4v) is 1.47. The van der Waals surface area contributed by atoms with Crippen LogP contribution in [0.4, 0.5) is 0 Å². The first-order valence-corrected chi connectivity index (χ1v) is 5.95. The Bertz CT molecular complexity index is 341. The summed E-state index contributed by atoms with van der Waals surface area (Å²) in [5.41, 5.74) is 1.11. The van der Waals surface area contributed by atoms with Crippen LogP contribution in [0, 0.1) is 5.92 Å². The molecule has 0 bridgehead atoms. The van der Waals surface area contributed by atoms with Crippen LogP contribution in [0.25, 0.3) is 0 Å². The molecule has 1 rings (SSSR count). The minimum absolute atomic E-state index is 0.130. The van der Waals surface area contributed by atoms with Crippen molar-refractivity contribution in [3.63, 3.8) is 0 Å². The number of hydrogen-bond acceptors (Lipinski definition) is 4. The molecule has 1 aromatic rings. The normalized spacial score (nSPS) is 14.1. The maximum atomic E-state index is 11.4. The Labute approximate surface area is 102 Å². The van der Waals surface area contributed by atoms with E-state index in [1.165, 1.54) is 0 Å². The Morgan fingerprint density at radius 3 is 2.88 bits per heavy atom. The molecule has 1 aromatic heterocycles. The number of ether oxygens (including phenoxy) is 1. The van der Waals surface area contributed by atoms with E-state index in [9.17, 15) is 4.79 Å². The average molecular weight is 236 g/mol. The molecule has 0 aliphatic heterocycles. The summed E-state index contributed by atoms with van der Waals surface area (Å²) >= 11 is 0. The predicted molar refractivity (Wildman–Crippen MR) is 66.5 cm³/mol. The fourth-order valence-electron chi connectivity index (χ4n) is 1.47. The van der Waals surface area contributed by atoms with E-state index in [1.54, 1.807) is 6.20 Å². The third-order valence-electron chi connectivity index (χ3n) is 2.60. The predicted octanol–water partition coefficient (Wildman–Crippen LogP) is 1.93. The molecule has 2 unspecified atom stereocenters. The maximum Gasteiger partial charge on any atom is 0.309 e. The van der Waals surface area contributed by atoms with Gasteiger partial charge in [0.15, 0.2) is 0 Å². The number of esters is 1. The highest BCUT2D eigenvalue weighted by molar-refractivity contribution is 5.72. The lowest BCUT2D eigenvalue weighted by Gasteiger charge is -2.16. The summed E-state index contributed by atoms with van der Waals surface area (Å²) in [5, 5.41) is 3.30. The van der Waals surface area contributed by atoms with Gasteiger partial charge in [-0.25, -0.2) is 0 Å². The van der Waals surface area contributed by atoms with Crippen molar-refractivity contribution >= 4 is 5.97 Å². The fraction of sp³-hybridized carbons (Fsp3) is 0.538. The van der Waals surface area contributed by atoms with Crippen LogP contribution in [0.1, 0.15) is 32.4 Å². The minimum Gasteiger partial charge on any atom is -0.466 e. The quantitative estimate of drug-likeness (QED) is 0.767. The van der Waals surface area contributed by atoms with Gasteiger partial charge < -0.3 is 10.1 Å². The summed E-state index contributed by atoms with van der Waals surface area (Å²) < 4.78 is 4.95. The number of aromatic nitrogens is 1. The number of carbonyl (C=O) groups is 1. The topological polar surface area (TPSA) is 51.2 Å². The van der Waals surface area contributed by atoms with E-state index in [4.69, 9.17) is 4.74 Å². The molecular weight excluding hydrogens is 216 g/mol. The van der Waals surface area contributed by atoms with Gasteiger partial charge in [-0.15, -0.1) is 0 Å². The van der Waals surface area contributed by atoms with Crippen molar-refractivity contribution in [2.24, 2.45) is 5.92 Å². The standard InChI is InChI=1S/C13H20N2O2/c1-4-17-13(16)10(2)8-15-11(3)12-6-5-7-14-9-12/h5-7,9-11,15H,4,8H2,1-3H3. The van der Waals surface area contributed by atoms with E-state index in [-0.39, 0.29) is 17.9 Å². The zero-order valence-corrected chi connectivity index (χ0v) is 10.6. The van der Waals surface area contributed by atoms with Crippen LogP contribution >= 0.6 is 0 Å². The maximum absolute atomic E-state index is 11.4. The first-order valence-electron chi connectivity index (χ1n) is 5.95. The second-order valence-corrected chi connectivity index (χ2v) is 4.07. The summed E-state index contributed by atoms with van der Waals surface area (Å²) in [6, 6.07) is 4.10. The van der Waals surface area contributed by atoms with Crippen molar-refractivity contribution in [3.05, 3.63) is 30.1 Å². The van der Waals surface area contributed by atoms with Gasteiger partial charge in [-0.1, -0.05) is 13.0 Å². The second kappa shape index (κ2) is 7.01. The molecule has 94 valence electrons. The van der Waals surface area contributed by atoms with Crippen LogP contribution in [0.3, 0.4) is 0 Å². The minimum atomic E-state index is -0.154. The number of hydrogen-bond donors (Lipinski definition) is 1. The molecule has 0 saturated heterocycles. The summed E-state index contributed by atoms with van der Waals surface area (Å²) in [4.78, 5) is 15.5. The van der Waals surface area contributed by atoms with Crippen LogP contribution < -0.4 is 5.32 Å². The number of carbonyl (C=O) groups excluding carboxylic acids is 1. The molecule has 0 fully saturated rings. The molecule has 0 amide bonds. The van der Waals surface area contributed by atoms with Gasteiger partial charge >= 0.3 is 5.97 Å². The van der Waals surface area contributed by atoms with Gasteiger partial charge in [-0.3, -0.25) is 9.78 Å². The van der Waals surface area contributed by atoms with Gasteiger partial charge in [0.2, 0.25) is 0 Å². The van der Waals surface area contributed by atoms with Crippen molar-refractivity contribution in [1.29, 1.82) is 0 Å². The third-order valence-corrected chi connectivity index (χ3v) is 2.60. The molecule has 1 heterocycles. The molecule has 4 heteroatoms. The van der Waals surface area contributed by atoms with Crippen LogP contribution in [0.2, 0.25) is 0 Å². The summed E-state index contributed by atoms with van der Waals surface area (Å²) in [7, 11) is 0. The highest BCUT2D eigenvalue weighted by atomic mass is 16.5. The highest BCUT2D eigenvalue weighted by Gasteiger charge is 2.15. The van der Waals surface area contributed by atoms with Gasteiger partial charge in [-0.05, 0) is 25.5 Å². The first kappa shape index (κ1) is 13.6. The number of pyridine rings is 1. The van der Waals surface area contributed by atoms with Crippen LogP contribution in [0.5, 0.6) is 0 Å². The second-order valence-electron chi connectivity index (χ2n) is 4.07. The zero-order valence-electron chi connectivity index (χ0n) is 10.6. The molecular formula is C13H20N2O2. The average Bonchev–Trinajstić information content (AvgIpc) is 2.36. The number of rotatable bonds is 6. The zero-order chi connectivity index (χ0) is 12.7. The molecule has 2 atom stereocenters. The molecule has 17 heavy (non-hydrogen) atoms. The van der Waals surface area contributed by atoms with E-state index in [2.05, 4.69) is 17.2 Å². The molecule has 0 aliphatic rings. The van der Waals surface area contributed by atoms with Gasteiger partial charge in [0.1, 0.15) is 0 Å². The molecule has 0 spiro atoms. The molecule has 0 saturated carbocycles. The number of nitrogens with zero attached hydrogens (tertiary/aromatic N) is 1. The summed E-state index contributed by atoms with van der Waals surface area (Å²) in [6.07, 6.45) is 3.57. The number of nitrogens with one attached hydrogen (secondary N) is 1. The van der Waals surface area contributed by atoms with Gasteiger partial charge in [0.25, 0.3) is 0 Å². The highest BCUT2D eigenvalue weighted by Crippen LogP contribution is 2.10. The van der Waals surface area contributed by atoms with Crippen LogP contribution in [-0.4, -0.2) is 24.1 Å². The van der Waals surface area contributed by atoms with Crippen molar-refractivity contribution in [2.75, 3.05) is 13.2 Å². The summed E-state index contributed by atoms with van der Waals surface area (Å²) in [5.74, 6) is -0.285. The van der Waals surface area contributed by atoms with Crippen molar-refractivity contribution in [1.82, 2.24) is 10.3 Å². The van der Waals surface area contributed by atoms with Crippen LogP contribution in [-0.2, 0) is 9.53 Å². The third kappa shape index (κ3) is 4.53. The smallest absolute Gasteiger partial charge is 0.309 e. The lowest BCUT2D eigenvalue weighted by atomic mass is 10.1. The van der Waals surface area contributed by atoms with Crippen molar-refractivity contribution in [2.45, 2.75) is 26.8 Å². The van der Waals surface area contributed by atoms with E-state index in [0.717, 1.165) is 5.56 Å². The Balaban J connectivity index is 2.38. The Morgan fingerprint density at radius 1 is 1.53 bits per heavy atom. The first-order chi connectivity index (χ1) is 8.15. The Morgan fingerprint density at radius 2 is 2.29 bits per heavy atom. The SMILES string of the molecule is CCOC(=O)C(C)CNC(C)c1cccnc1. The largest absolute Gasteiger partial charge is 0.466 e. The van der Waals surface area contributed by atoms with Gasteiger partial charge in [-0.2, -0.15) is 0 Å². The van der Waals surface area contributed by atoms with E-state index >= 15 is 0 Å². The van der Waals surface area contributed by atoms with Crippen molar-refractivity contribution < 1.29 is 9.53 Å². The van der Waals surface area contributed by atoms with E-state index < -0.39 is 0 Å². The van der Waals surface area contributed by atoms with E-state index in [1.807, 2.05) is 32.2 Å². The van der Waals surface area contributed by atoms with Gasteiger partial charge in [0, 0.05) is 25.0 Å². The monoisotopic (exact) mass is 236 g/mol. The van der Waals surface area contributed by atoms with Crippen LogP contribution in [0.15, 0.2) is 24.5 Å². The summed E-state index contributed by atoms with van der Waals surface area (Å²) in [6.45, 7) is 6.77. The Hall–Kier alpha value is -1.42. The molecule has 0 aliphatic carbocycles. The van der Waals surface area contributed by atoms with E-state index in [0.29, 0.717) is 13.2 Å². The molecule has 0 aromatic carbocycles. The van der Waals surface area contributed by atoms with Crippen molar-refractivity contribution in [3.8, 4) is 0 Å². The lowest BCUT2D eigenvalue weighted by molar-refractivity contribution is -0.147.